The third-order valence-electron chi connectivity index (χ3n) is 5.09. The molecule has 24 heavy (non-hydrogen) atoms. The van der Waals surface area contributed by atoms with Crippen molar-refractivity contribution in [2.45, 2.75) is 25.5 Å². The zero-order valence-corrected chi connectivity index (χ0v) is 14.6. The fraction of sp³-hybridized carbons (Fsp3) is 0.389. The molecule has 0 amide bonds. The molecule has 2 unspecified atom stereocenters. The topological polar surface area (TPSA) is 54.3 Å². The molecule has 1 aromatic carbocycles. The summed E-state index contributed by atoms with van der Waals surface area (Å²) in [6.07, 6.45) is 1.10. The lowest BCUT2D eigenvalue weighted by molar-refractivity contribution is 0.253. The molecule has 1 aromatic heterocycles. The molecule has 2 N–H and O–H groups in total. The van der Waals surface area contributed by atoms with Crippen molar-refractivity contribution in [3.05, 3.63) is 55.9 Å². The van der Waals surface area contributed by atoms with E-state index in [4.69, 9.17) is 23.2 Å². The van der Waals surface area contributed by atoms with E-state index in [-0.39, 0.29) is 12.2 Å². The highest BCUT2D eigenvalue weighted by Crippen LogP contribution is 2.35. The lowest BCUT2D eigenvalue weighted by Gasteiger charge is -2.38. The predicted molar refractivity (Wildman–Crippen MR) is 95.8 cm³/mol. The molecule has 0 spiro atoms. The Hall–Kier alpha value is -1.33. The van der Waals surface area contributed by atoms with Crippen LogP contribution in [0.25, 0.3) is 11.1 Å². The summed E-state index contributed by atoms with van der Waals surface area (Å²) in [5.74, 6) is 0.814. The number of fused-ring (bicyclic) bond motifs is 4. The predicted octanol–water partition coefficient (Wildman–Crippen LogP) is 3.02. The quantitative estimate of drug-likeness (QED) is 0.860. The maximum atomic E-state index is 13.2. The molecular weight excluding hydrogens is 347 g/mol. The summed E-state index contributed by atoms with van der Waals surface area (Å²) in [5.41, 5.74) is 2.84. The zero-order valence-electron chi connectivity index (χ0n) is 13.1. The molecule has 6 heteroatoms. The van der Waals surface area contributed by atoms with Crippen LogP contribution in [0.15, 0.2) is 29.1 Å². The van der Waals surface area contributed by atoms with Gasteiger partial charge < -0.3 is 15.0 Å². The van der Waals surface area contributed by atoms with Gasteiger partial charge in [-0.1, -0.05) is 29.3 Å². The van der Waals surface area contributed by atoms with Gasteiger partial charge >= 0.3 is 0 Å². The molecule has 1 fully saturated rings. The van der Waals surface area contributed by atoms with Crippen LogP contribution in [0, 0.1) is 5.92 Å². The van der Waals surface area contributed by atoms with Crippen LogP contribution >= 0.6 is 23.2 Å². The van der Waals surface area contributed by atoms with Gasteiger partial charge in [-0.3, -0.25) is 4.79 Å². The summed E-state index contributed by atoms with van der Waals surface area (Å²) in [5, 5.41) is 14.1. The standard InChI is InChI=1S/C18H18Cl2N2O2/c19-14-2-1-11(4-15(14)20)17-13(9-23)5-16-12-3-10(6-21-7-12)8-22(16)18(17)24/h1-2,4-5,10,12,21,23H,3,6-9H2. The summed E-state index contributed by atoms with van der Waals surface area (Å²) in [6, 6.07) is 7.13. The van der Waals surface area contributed by atoms with Gasteiger partial charge in [0.05, 0.1) is 22.2 Å². The van der Waals surface area contributed by atoms with E-state index in [0.29, 0.717) is 38.6 Å². The second kappa shape index (κ2) is 6.19. The lowest BCUT2D eigenvalue weighted by atomic mass is 9.83. The fourth-order valence-electron chi connectivity index (χ4n) is 3.98. The number of hydrogen-bond donors (Lipinski definition) is 2. The van der Waals surface area contributed by atoms with E-state index < -0.39 is 0 Å². The van der Waals surface area contributed by atoms with Crippen molar-refractivity contribution in [1.29, 1.82) is 0 Å². The summed E-state index contributed by atoms with van der Waals surface area (Å²) in [6.45, 7) is 2.37. The minimum absolute atomic E-state index is 0.0495. The minimum atomic E-state index is -0.178. The molecule has 2 aliphatic heterocycles. The van der Waals surface area contributed by atoms with E-state index in [1.807, 2.05) is 10.6 Å². The number of rotatable bonds is 2. The van der Waals surface area contributed by atoms with Crippen LogP contribution in [0.1, 0.15) is 23.6 Å². The number of pyridine rings is 1. The molecule has 126 valence electrons. The number of piperidine rings is 1. The van der Waals surface area contributed by atoms with Gasteiger partial charge in [-0.25, -0.2) is 0 Å². The summed E-state index contributed by atoms with van der Waals surface area (Å²) in [4.78, 5) is 13.2. The SMILES string of the molecule is O=c1c(-c2ccc(Cl)c(Cl)c2)c(CO)cc2n1CC1CNCC2C1. The number of benzene rings is 1. The first-order valence-electron chi connectivity index (χ1n) is 8.12. The monoisotopic (exact) mass is 364 g/mol. The summed E-state index contributed by atoms with van der Waals surface area (Å²) >= 11 is 12.1. The van der Waals surface area contributed by atoms with Gasteiger partial charge in [-0.15, -0.1) is 0 Å². The van der Waals surface area contributed by atoms with Crippen LogP contribution < -0.4 is 10.9 Å². The van der Waals surface area contributed by atoms with Crippen molar-refractivity contribution in [3.8, 4) is 11.1 Å². The average Bonchev–Trinajstić information content (AvgIpc) is 2.58. The molecule has 0 saturated carbocycles. The summed E-state index contributed by atoms with van der Waals surface area (Å²) in [7, 11) is 0. The first-order chi connectivity index (χ1) is 11.6. The van der Waals surface area contributed by atoms with Crippen molar-refractivity contribution >= 4 is 23.2 Å². The lowest BCUT2D eigenvalue weighted by Crippen LogP contribution is -2.45. The van der Waals surface area contributed by atoms with E-state index in [9.17, 15) is 9.90 Å². The molecule has 2 aromatic rings. The van der Waals surface area contributed by atoms with Gasteiger partial charge in [0.2, 0.25) is 0 Å². The highest BCUT2D eigenvalue weighted by molar-refractivity contribution is 6.42. The Balaban J connectivity index is 1.93. The van der Waals surface area contributed by atoms with Gasteiger partial charge in [0, 0.05) is 24.7 Å². The fourth-order valence-corrected chi connectivity index (χ4v) is 4.28. The maximum absolute atomic E-state index is 13.2. The molecule has 0 aliphatic carbocycles. The van der Waals surface area contributed by atoms with Crippen molar-refractivity contribution < 1.29 is 5.11 Å². The van der Waals surface area contributed by atoms with Gasteiger partial charge in [0.15, 0.2) is 0 Å². The molecule has 2 atom stereocenters. The molecule has 4 rings (SSSR count). The molecule has 2 bridgehead atoms. The van der Waals surface area contributed by atoms with Crippen molar-refractivity contribution in [2.75, 3.05) is 13.1 Å². The van der Waals surface area contributed by atoms with E-state index >= 15 is 0 Å². The average molecular weight is 365 g/mol. The first kappa shape index (κ1) is 16.2. The van der Waals surface area contributed by atoms with Crippen molar-refractivity contribution in [3.63, 3.8) is 0 Å². The smallest absolute Gasteiger partial charge is 0.259 e. The van der Waals surface area contributed by atoms with E-state index in [1.165, 1.54) is 0 Å². The number of halogens is 2. The van der Waals surface area contributed by atoms with E-state index in [1.54, 1.807) is 18.2 Å². The number of hydrogen-bond acceptors (Lipinski definition) is 3. The maximum Gasteiger partial charge on any atom is 0.259 e. The van der Waals surface area contributed by atoms with Gasteiger partial charge in [0.1, 0.15) is 0 Å². The van der Waals surface area contributed by atoms with Crippen molar-refractivity contribution in [2.24, 2.45) is 5.92 Å². The Kier molecular flexibility index (Phi) is 4.17. The third-order valence-corrected chi connectivity index (χ3v) is 5.83. The molecule has 0 radical (unpaired) electrons. The van der Waals surface area contributed by atoms with Crippen LogP contribution in [-0.4, -0.2) is 22.8 Å². The Morgan fingerprint density at radius 3 is 2.79 bits per heavy atom. The number of aliphatic hydroxyl groups is 1. The zero-order chi connectivity index (χ0) is 16.8. The van der Waals surface area contributed by atoms with Gasteiger partial charge in [-0.2, -0.15) is 0 Å². The van der Waals surface area contributed by atoms with E-state index in [0.717, 1.165) is 31.7 Å². The minimum Gasteiger partial charge on any atom is -0.392 e. The Bertz CT molecular complexity index is 863. The third kappa shape index (κ3) is 2.58. The molecule has 3 heterocycles. The molecule has 2 aliphatic rings. The molecule has 4 nitrogen and oxygen atoms in total. The second-order valence-electron chi connectivity index (χ2n) is 6.63. The normalized spacial score (nSPS) is 22.3. The second-order valence-corrected chi connectivity index (χ2v) is 7.44. The Morgan fingerprint density at radius 2 is 2.04 bits per heavy atom. The highest BCUT2D eigenvalue weighted by Gasteiger charge is 2.32. The largest absolute Gasteiger partial charge is 0.392 e. The van der Waals surface area contributed by atoms with Crippen molar-refractivity contribution in [1.82, 2.24) is 9.88 Å². The molecule has 1 saturated heterocycles. The number of nitrogens with one attached hydrogen (secondary N) is 1. The molecular formula is C18H18Cl2N2O2. The van der Waals surface area contributed by atoms with Crippen LogP contribution in [0.5, 0.6) is 0 Å². The van der Waals surface area contributed by atoms with Crippen LogP contribution in [0.3, 0.4) is 0 Å². The highest BCUT2D eigenvalue weighted by atomic mass is 35.5. The Morgan fingerprint density at radius 1 is 1.21 bits per heavy atom. The number of aromatic nitrogens is 1. The van der Waals surface area contributed by atoms with Crippen LogP contribution in [0.4, 0.5) is 0 Å². The number of nitrogens with zero attached hydrogens (tertiary/aromatic N) is 1. The van der Waals surface area contributed by atoms with Gasteiger partial charge in [-0.05, 0) is 48.2 Å². The van der Waals surface area contributed by atoms with Crippen LogP contribution in [0.2, 0.25) is 10.0 Å². The Labute approximate surface area is 150 Å². The van der Waals surface area contributed by atoms with Gasteiger partial charge in [0.25, 0.3) is 5.56 Å². The first-order valence-corrected chi connectivity index (χ1v) is 8.87. The summed E-state index contributed by atoms with van der Waals surface area (Å²) < 4.78 is 1.89. The van der Waals surface area contributed by atoms with Crippen LogP contribution in [-0.2, 0) is 13.2 Å². The number of aliphatic hydroxyl groups excluding tert-OH is 1. The van der Waals surface area contributed by atoms with E-state index in [2.05, 4.69) is 5.32 Å².